The summed E-state index contributed by atoms with van der Waals surface area (Å²) in [5.74, 6) is -1.23. The molecular formula is C14H18ClNO2. The van der Waals surface area contributed by atoms with E-state index in [1.807, 2.05) is 24.0 Å². The van der Waals surface area contributed by atoms with Gasteiger partial charge in [0.1, 0.15) is 0 Å². The van der Waals surface area contributed by atoms with Gasteiger partial charge in [-0.15, -0.1) is 0 Å². The molecule has 3 nitrogen and oxygen atoms in total. The van der Waals surface area contributed by atoms with E-state index in [1.165, 1.54) is 0 Å². The van der Waals surface area contributed by atoms with Gasteiger partial charge in [-0.1, -0.05) is 30.7 Å². The molecule has 4 heteroatoms. The van der Waals surface area contributed by atoms with Crippen molar-refractivity contribution in [2.75, 3.05) is 18.0 Å². The molecule has 0 aliphatic rings. The van der Waals surface area contributed by atoms with Gasteiger partial charge in [-0.3, -0.25) is 4.79 Å². The van der Waals surface area contributed by atoms with E-state index in [2.05, 4.69) is 6.58 Å². The minimum atomic E-state index is -0.796. The molecule has 0 aromatic heterocycles. The third-order valence-electron chi connectivity index (χ3n) is 2.57. The van der Waals surface area contributed by atoms with Crippen LogP contribution >= 0.6 is 11.6 Å². The minimum Gasteiger partial charge on any atom is -0.481 e. The summed E-state index contributed by atoms with van der Waals surface area (Å²) >= 11 is 5.85. The number of carbonyl (C=O) groups is 1. The van der Waals surface area contributed by atoms with Crippen molar-refractivity contribution >= 4 is 23.3 Å². The second-order valence-electron chi connectivity index (χ2n) is 4.55. The van der Waals surface area contributed by atoms with Gasteiger partial charge in [-0.2, -0.15) is 0 Å². The van der Waals surface area contributed by atoms with Gasteiger partial charge in [0.2, 0.25) is 0 Å². The number of carboxylic acids is 1. The molecular weight excluding hydrogens is 250 g/mol. The van der Waals surface area contributed by atoms with Crippen LogP contribution in [0.25, 0.3) is 0 Å². The van der Waals surface area contributed by atoms with Crippen LogP contribution in [-0.4, -0.2) is 24.2 Å². The highest BCUT2D eigenvalue weighted by atomic mass is 35.5. The lowest BCUT2D eigenvalue weighted by molar-refractivity contribution is -0.140. The first-order valence-electron chi connectivity index (χ1n) is 5.78. The van der Waals surface area contributed by atoms with Crippen LogP contribution in [0.15, 0.2) is 36.4 Å². The summed E-state index contributed by atoms with van der Waals surface area (Å²) in [7, 11) is 0. The zero-order chi connectivity index (χ0) is 13.7. The highest BCUT2D eigenvalue weighted by Gasteiger charge is 2.16. The zero-order valence-electron chi connectivity index (χ0n) is 10.7. The maximum atomic E-state index is 10.9. The average Bonchev–Trinajstić information content (AvgIpc) is 2.28. The lowest BCUT2D eigenvalue weighted by Gasteiger charge is -2.26. The number of hydrogen-bond donors (Lipinski definition) is 1. The molecule has 0 heterocycles. The van der Waals surface area contributed by atoms with Crippen LogP contribution < -0.4 is 4.90 Å². The Kier molecular flexibility index (Phi) is 5.23. The molecule has 1 aromatic rings. The Bertz CT molecular complexity index is 428. The summed E-state index contributed by atoms with van der Waals surface area (Å²) in [6, 6.07) is 7.38. The van der Waals surface area contributed by atoms with Gasteiger partial charge in [-0.05, 0) is 31.2 Å². The van der Waals surface area contributed by atoms with Gasteiger partial charge >= 0.3 is 5.97 Å². The SMILES string of the molecule is C=C(C)CN(CC(C)C(=O)O)c1ccc(Cl)cc1. The summed E-state index contributed by atoms with van der Waals surface area (Å²) in [4.78, 5) is 12.9. The summed E-state index contributed by atoms with van der Waals surface area (Å²) in [5.41, 5.74) is 1.94. The first kappa shape index (κ1) is 14.6. The largest absolute Gasteiger partial charge is 0.481 e. The molecule has 1 N–H and O–H groups in total. The van der Waals surface area contributed by atoms with E-state index in [-0.39, 0.29) is 0 Å². The molecule has 1 aromatic carbocycles. The molecule has 98 valence electrons. The van der Waals surface area contributed by atoms with Gasteiger partial charge in [0, 0.05) is 23.8 Å². The molecule has 0 aliphatic carbocycles. The van der Waals surface area contributed by atoms with Gasteiger partial charge < -0.3 is 10.0 Å². The second kappa shape index (κ2) is 6.45. The van der Waals surface area contributed by atoms with Crippen molar-refractivity contribution in [3.05, 3.63) is 41.4 Å². The van der Waals surface area contributed by atoms with Crippen LogP contribution in [-0.2, 0) is 4.79 Å². The van der Waals surface area contributed by atoms with Gasteiger partial charge in [0.15, 0.2) is 0 Å². The first-order valence-corrected chi connectivity index (χ1v) is 6.15. The van der Waals surface area contributed by atoms with Crippen molar-refractivity contribution in [1.82, 2.24) is 0 Å². The fraction of sp³-hybridized carbons (Fsp3) is 0.357. The van der Waals surface area contributed by atoms with Crippen LogP contribution in [0.3, 0.4) is 0 Å². The van der Waals surface area contributed by atoms with E-state index in [9.17, 15) is 4.79 Å². The van der Waals surface area contributed by atoms with Gasteiger partial charge in [0.05, 0.1) is 5.92 Å². The van der Waals surface area contributed by atoms with Crippen LogP contribution in [0.1, 0.15) is 13.8 Å². The number of rotatable bonds is 6. The Hall–Kier alpha value is -1.48. The van der Waals surface area contributed by atoms with E-state index in [0.29, 0.717) is 18.1 Å². The third kappa shape index (κ3) is 4.41. The topological polar surface area (TPSA) is 40.5 Å². The molecule has 0 fully saturated rings. The second-order valence-corrected chi connectivity index (χ2v) is 4.99. The smallest absolute Gasteiger partial charge is 0.308 e. The number of anilines is 1. The molecule has 0 saturated heterocycles. The maximum Gasteiger partial charge on any atom is 0.308 e. The lowest BCUT2D eigenvalue weighted by atomic mass is 10.1. The molecule has 18 heavy (non-hydrogen) atoms. The van der Waals surface area contributed by atoms with Crippen molar-refractivity contribution in [1.29, 1.82) is 0 Å². The molecule has 0 bridgehead atoms. The summed E-state index contributed by atoms with van der Waals surface area (Å²) in [6.45, 7) is 8.58. The number of nitrogens with zero attached hydrogens (tertiary/aromatic N) is 1. The van der Waals surface area contributed by atoms with E-state index >= 15 is 0 Å². The molecule has 0 aliphatic heterocycles. The number of aliphatic carboxylic acids is 1. The molecule has 1 atom stereocenters. The number of halogens is 1. The first-order chi connectivity index (χ1) is 8.40. The summed E-state index contributed by atoms with van der Waals surface area (Å²) in [5, 5.41) is 9.65. The van der Waals surface area contributed by atoms with Crippen molar-refractivity contribution < 1.29 is 9.90 Å². The van der Waals surface area contributed by atoms with Crippen LogP contribution in [0.5, 0.6) is 0 Å². The summed E-state index contributed by atoms with van der Waals surface area (Å²) < 4.78 is 0. The highest BCUT2D eigenvalue weighted by molar-refractivity contribution is 6.30. The van der Waals surface area contributed by atoms with E-state index < -0.39 is 11.9 Å². The van der Waals surface area contributed by atoms with Crippen molar-refractivity contribution in [3.8, 4) is 0 Å². The van der Waals surface area contributed by atoms with Gasteiger partial charge in [-0.25, -0.2) is 0 Å². The predicted octanol–water partition coefficient (Wildman–Crippen LogP) is 3.44. The van der Waals surface area contributed by atoms with E-state index in [4.69, 9.17) is 16.7 Å². The lowest BCUT2D eigenvalue weighted by Crippen LogP contribution is -2.33. The van der Waals surface area contributed by atoms with Crippen molar-refractivity contribution in [2.45, 2.75) is 13.8 Å². The Morgan fingerprint density at radius 1 is 1.44 bits per heavy atom. The zero-order valence-corrected chi connectivity index (χ0v) is 11.4. The monoisotopic (exact) mass is 267 g/mol. The Balaban J connectivity index is 2.87. The number of benzene rings is 1. The van der Waals surface area contributed by atoms with Crippen LogP contribution in [0.4, 0.5) is 5.69 Å². The fourth-order valence-electron chi connectivity index (χ4n) is 1.65. The quantitative estimate of drug-likeness (QED) is 0.803. The Morgan fingerprint density at radius 3 is 2.44 bits per heavy atom. The minimum absolute atomic E-state index is 0.431. The predicted molar refractivity (Wildman–Crippen MR) is 75.3 cm³/mol. The average molecular weight is 268 g/mol. The number of carboxylic acid groups (broad SMARTS) is 1. The normalized spacial score (nSPS) is 11.9. The Morgan fingerprint density at radius 2 is 2.00 bits per heavy atom. The maximum absolute atomic E-state index is 10.9. The molecule has 0 amide bonds. The fourth-order valence-corrected chi connectivity index (χ4v) is 1.77. The van der Waals surface area contributed by atoms with Crippen molar-refractivity contribution in [2.24, 2.45) is 5.92 Å². The standard InChI is InChI=1S/C14H18ClNO2/c1-10(2)8-16(9-11(3)14(17)18)13-6-4-12(15)5-7-13/h4-7,11H,1,8-9H2,2-3H3,(H,17,18). The molecule has 0 spiro atoms. The van der Waals surface area contributed by atoms with Crippen LogP contribution in [0.2, 0.25) is 5.02 Å². The molecule has 1 unspecified atom stereocenters. The molecule has 0 radical (unpaired) electrons. The van der Waals surface area contributed by atoms with Gasteiger partial charge in [0.25, 0.3) is 0 Å². The van der Waals surface area contributed by atoms with Crippen LogP contribution in [0, 0.1) is 5.92 Å². The van der Waals surface area contributed by atoms with Crippen molar-refractivity contribution in [3.63, 3.8) is 0 Å². The molecule has 1 rings (SSSR count). The number of hydrogen-bond acceptors (Lipinski definition) is 2. The molecule has 0 saturated carbocycles. The van der Waals surface area contributed by atoms with E-state index in [1.54, 1.807) is 19.1 Å². The Labute approximate surface area is 113 Å². The van der Waals surface area contributed by atoms with E-state index in [0.717, 1.165) is 11.3 Å². The summed E-state index contributed by atoms with van der Waals surface area (Å²) in [6.07, 6.45) is 0. The third-order valence-corrected chi connectivity index (χ3v) is 2.82. The highest BCUT2D eigenvalue weighted by Crippen LogP contribution is 2.20.